The van der Waals surface area contributed by atoms with Crippen LogP contribution < -0.4 is 43.8 Å². The minimum Gasteiger partial charge on any atom is -0.508 e. The molecule has 2 aromatic carbocycles. The molecule has 1 heterocycles. The van der Waals surface area contributed by atoms with Gasteiger partial charge in [0.2, 0.25) is 29.5 Å². The number of carbonyl (C=O) groups excluding carboxylic acids is 5. The summed E-state index contributed by atoms with van der Waals surface area (Å²) >= 11 is 0. The maximum absolute atomic E-state index is 14.3. The van der Waals surface area contributed by atoms with E-state index in [1.54, 1.807) is 56.3 Å². The van der Waals surface area contributed by atoms with Crippen LogP contribution in [0.3, 0.4) is 0 Å². The number of amides is 5. The predicted octanol–water partition coefficient (Wildman–Crippen LogP) is 0.125. The normalized spacial score (nSPS) is 15.0. The lowest BCUT2D eigenvalue weighted by Gasteiger charge is -2.29. The van der Waals surface area contributed by atoms with Gasteiger partial charge in [0.25, 0.3) is 0 Å². The number of aliphatic imine (C=N–C) groups is 1. The quantitative estimate of drug-likeness (QED) is 0.0308. The second-order valence-corrected chi connectivity index (χ2v) is 15.2. The van der Waals surface area contributed by atoms with Crippen molar-refractivity contribution in [2.75, 3.05) is 6.54 Å². The minimum atomic E-state index is -1.33. The van der Waals surface area contributed by atoms with E-state index < -0.39 is 83.6 Å². The summed E-state index contributed by atoms with van der Waals surface area (Å²) in [6, 6.07) is 7.54. The van der Waals surface area contributed by atoms with Gasteiger partial charge in [-0.05, 0) is 47.9 Å². The molecule has 61 heavy (non-hydrogen) atoms. The number of benzene rings is 2. The fourth-order valence-corrected chi connectivity index (χ4v) is 6.32. The van der Waals surface area contributed by atoms with Crippen LogP contribution in [-0.2, 0) is 48.0 Å². The van der Waals surface area contributed by atoms with Gasteiger partial charge in [-0.15, -0.1) is 0 Å². The Bertz CT molecular complexity index is 1910. The number of phenolic OH excluding ortho intramolecular Hbond substituents is 1. The highest BCUT2D eigenvalue weighted by Gasteiger charge is 2.35. The molecule has 0 spiro atoms. The summed E-state index contributed by atoms with van der Waals surface area (Å²) in [5.74, 6) is -5.74. The molecule has 0 saturated heterocycles. The van der Waals surface area contributed by atoms with E-state index in [0.717, 1.165) is 0 Å². The van der Waals surface area contributed by atoms with Crippen molar-refractivity contribution in [2.45, 2.75) is 109 Å². The van der Waals surface area contributed by atoms with Crippen molar-refractivity contribution < 1.29 is 39.0 Å². The Labute approximate surface area is 355 Å². The third-order valence-electron chi connectivity index (χ3n) is 10.4. The van der Waals surface area contributed by atoms with E-state index in [4.69, 9.17) is 17.2 Å². The summed E-state index contributed by atoms with van der Waals surface area (Å²) in [6.07, 6.45) is 4.24. The molecular weight excluding hydrogens is 787 g/mol. The second kappa shape index (κ2) is 24.6. The topological polar surface area (TPSA) is 322 Å². The Morgan fingerprint density at radius 3 is 1.75 bits per heavy atom. The maximum Gasteiger partial charge on any atom is 0.326 e. The molecule has 0 aliphatic rings. The zero-order valence-corrected chi connectivity index (χ0v) is 35.1. The van der Waals surface area contributed by atoms with Crippen molar-refractivity contribution in [3.05, 3.63) is 83.9 Å². The molecule has 1 aromatic heterocycles. The van der Waals surface area contributed by atoms with Crippen LogP contribution in [0, 0.1) is 11.8 Å². The number of nitrogens with zero attached hydrogens (tertiary/aromatic N) is 2. The summed E-state index contributed by atoms with van der Waals surface area (Å²) in [6.45, 7) is 7.41. The minimum absolute atomic E-state index is 0.00112. The van der Waals surface area contributed by atoms with E-state index in [0.29, 0.717) is 36.1 Å². The summed E-state index contributed by atoms with van der Waals surface area (Å²) in [4.78, 5) is 92.5. The Hall–Kier alpha value is -6.50. The molecular formula is C42H61N11O8. The summed E-state index contributed by atoms with van der Waals surface area (Å²) in [7, 11) is 0. The molecule has 0 aliphatic carbocycles. The van der Waals surface area contributed by atoms with Crippen LogP contribution in [-0.4, -0.2) is 104 Å². The maximum atomic E-state index is 14.3. The number of nitrogens with one attached hydrogen (secondary N) is 6. The number of nitrogens with two attached hydrogens (primary N) is 3. The third kappa shape index (κ3) is 16.2. The molecule has 14 N–H and O–H groups in total. The number of H-pyrrole nitrogens is 1. The van der Waals surface area contributed by atoms with Gasteiger partial charge in [-0.25, -0.2) is 9.78 Å². The zero-order chi connectivity index (χ0) is 45.1. The van der Waals surface area contributed by atoms with Gasteiger partial charge in [-0.3, -0.25) is 29.0 Å². The van der Waals surface area contributed by atoms with Crippen LogP contribution in [0.2, 0.25) is 0 Å². The first-order chi connectivity index (χ1) is 29.0. The van der Waals surface area contributed by atoms with Gasteiger partial charge >= 0.3 is 5.97 Å². The fraction of sp³-hybridized carbons (Fsp3) is 0.476. The number of carboxylic acid groups (broad SMARTS) is 1. The molecule has 0 unspecified atom stereocenters. The van der Waals surface area contributed by atoms with E-state index in [2.05, 4.69) is 41.5 Å². The van der Waals surface area contributed by atoms with Gasteiger partial charge < -0.3 is 59.0 Å². The summed E-state index contributed by atoms with van der Waals surface area (Å²) in [5.41, 5.74) is 18.6. The van der Waals surface area contributed by atoms with E-state index in [1.165, 1.54) is 24.7 Å². The summed E-state index contributed by atoms with van der Waals surface area (Å²) in [5, 5.41) is 33.4. The number of hydrogen-bond acceptors (Lipinski definition) is 10. The average Bonchev–Trinajstić information content (AvgIpc) is 3.76. The number of guanidine groups is 1. The van der Waals surface area contributed by atoms with E-state index in [1.807, 2.05) is 13.8 Å². The number of rotatable bonds is 25. The monoisotopic (exact) mass is 847 g/mol. The van der Waals surface area contributed by atoms with Crippen LogP contribution in [0.4, 0.5) is 0 Å². The van der Waals surface area contributed by atoms with Gasteiger partial charge in [0.15, 0.2) is 5.96 Å². The molecule has 0 radical (unpaired) electrons. The van der Waals surface area contributed by atoms with Crippen molar-refractivity contribution >= 4 is 41.5 Å². The van der Waals surface area contributed by atoms with Crippen LogP contribution in [0.15, 0.2) is 72.1 Å². The Balaban J connectivity index is 1.89. The first kappa shape index (κ1) is 48.9. The number of aliphatic carboxylic acids is 1. The molecule has 0 saturated carbocycles. The van der Waals surface area contributed by atoms with Crippen molar-refractivity contribution in [2.24, 2.45) is 34.0 Å². The van der Waals surface area contributed by atoms with Crippen LogP contribution in [0.1, 0.15) is 70.2 Å². The fourth-order valence-electron chi connectivity index (χ4n) is 6.32. The molecule has 5 amide bonds. The molecule has 8 atom stereocenters. The number of carbonyl (C=O) groups is 6. The predicted molar refractivity (Wildman–Crippen MR) is 228 cm³/mol. The number of carboxylic acids is 1. The van der Waals surface area contributed by atoms with Gasteiger partial charge in [0.05, 0.1) is 12.4 Å². The van der Waals surface area contributed by atoms with Crippen molar-refractivity contribution in [1.29, 1.82) is 0 Å². The molecule has 0 bridgehead atoms. The van der Waals surface area contributed by atoms with E-state index in [-0.39, 0.29) is 43.9 Å². The molecule has 0 aliphatic heterocycles. The average molecular weight is 848 g/mol. The first-order valence-corrected chi connectivity index (χ1v) is 20.4. The van der Waals surface area contributed by atoms with Gasteiger partial charge in [0.1, 0.15) is 36.0 Å². The number of aromatic amines is 1. The molecule has 332 valence electrons. The number of imidazole rings is 1. The number of hydrogen-bond donors (Lipinski definition) is 11. The highest BCUT2D eigenvalue weighted by Crippen LogP contribution is 2.15. The highest BCUT2D eigenvalue weighted by molar-refractivity contribution is 5.96. The molecule has 0 fully saturated rings. The van der Waals surface area contributed by atoms with Crippen LogP contribution in [0.5, 0.6) is 5.75 Å². The van der Waals surface area contributed by atoms with Gasteiger partial charge in [-0.1, -0.05) is 83.0 Å². The van der Waals surface area contributed by atoms with Crippen molar-refractivity contribution in [3.63, 3.8) is 0 Å². The van der Waals surface area contributed by atoms with Gasteiger partial charge in [0, 0.05) is 37.7 Å². The second-order valence-electron chi connectivity index (χ2n) is 15.2. The number of aromatic nitrogens is 2. The highest BCUT2D eigenvalue weighted by atomic mass is 16.4. The molecule has 3 aromatic rings. The largest absolute Gasteiger partial charge is 0.508 e. The van der Waals surface area contributed by atoms with Gasteiger partial charge in [-0.2, -0.15) is 0 Å². The standard InChI is InChI=1S/C42H61N11O8/c1-5-24(3)34(52-36(55)30(43)13-10-18-47-42(44)45)39(58)50-32(21-28-22-46-23-48-28)37(56)49-31(19-27-14-16-29(54)17-15-27)38(57)53-35(25(4)6-2)40(59)51-33(41(60)61)20-26-11-8-7-9-12-26/h7-9,11-12,14-17,22-25,30-35,54H,5-6,10,13,18-21,43H2,1-4H3,(H,46,48)(H,49,56)(H,50,58)(H,51,59)(H,52,55)(H,53,57)(H,60,61)(H4,44,45,47)/t24-,25-,30-,31-,32-,33-,34-,35-/m0/s1. The lowest BCUT2D eigenvalue weighted by atomic mass is 9.96. The molecule has 3 rings (SSSR count). The van der Waals surface area contributed by atoms with E-state index >= 15 is 0 Å². The van der Waals surface area contributed by atoms with Crippen molar-refractivity contribution in [3.8, 4) is 5.75 Å². The number of aromatic hydroxyl groups is 1. The van der Waals surface area contributed by atoms with Crippen LogP contribution >= 0.6 is 0 Å². The Kier molecular flexibility index (Phi) is 19.7. The SMILES string of the molecule is CC[C@H](C)[C@H](NC(=O)[C@H](Cc1ccc(O)cc1)NC(=O)[C@H](Cc1cnc[nH]1)NC(=O)[C@@H](NC(=O)[C@@H](N)CCCN=C(N)N)[C@@H](C)CC)C(=O)N[C@@H](Cc1ccccc1)C(=O)O. The lowest BCUT2D eigenvalue weighted by molar-refractivity contribution is -0.142. The van der Waals surface area contributed by atoms with E-state index in [9.17, 15) is 39.0 Å². The Morgan fingerprint density at radius 1 is 0.705 bits per heavy atom. The first-order valence-electron chi connectivity index (χ1n) is 20.4. The van der Waals surface area contributed by atoms with Crippen LogP contribution in [0.25, 0.3) is 0 Å². The lowest BCUT2D eigenvalue weighted by Crippen LogP contribution is -2.61. The smallest absolute Gasteiger partial charge is 0.326 e. The summed E-state index contributed by atoms with van der Waals surface area (Å²) < 4.78 is 0. The van der Waals surface area contributed by atoms with Crippen molar-refractivity contribution in [1.82, 2.24) is 36.6 Å². The molecule has 19 heteroatoms. The zero-order valence-electron chi connectivity index (χ0n) is 35.1. The third-order valence-corrected chi connectivity index (χ3v) is 10.4. The molecule has 19 nitrogen and oxygen atoms in total. The Morgan fingerprint density at radius 2 is 1.21 bits per heavy atom. The number of phenols is 1.